The Hall–Kier alpha value is -1.75. The fourth-order valence-corrected chi connectivity index (χ4v) is 2.75. The molecule has 1 aromatic rings. The maximum absolute atomic E-state index is 11.5. The van der Waals surface area contributed by atoms with Gasteiger partial charge in [0.25, 0.3) is 0 Å². The molecule has 0 aliphatic carbocycles. The number of hydrogen-bond donors (Lipinski definition) is 1. The molecule has 116 valence electrons. The lowest BCUT2D eigenvalue weighted by molar-refractivity contribution is -0.0845. The van der Waals surface area contributed by atoms with Gasteiger partial charge in [0, 0.05) is 6.42 Å². The van der Waals surface area contributed by atoms with Crippen molar-refractivity contribution in [1.29, 1.82) is 0 Å². The third-order valence-electron chi connectivity index (χ3n) is 3.69. The molecule has 1 fully saturated rings. The molecule has 5 heteroatoms. The number of nitrogen functional groups attached to an aromatic ring is 1. The Balaban J connectivity index is 2.19. The summed E-state index contributed by atoms with van der Waals surface area (Å²) in [5.41, 5.74) is 6.18. The molecule has 1 saturated heterocycles. The molecular weight excluding hydrogens is 270 g/mol. The second kappa shape index (κ2) is 5.22. The van der Waals surface area contributed by atoms with Crippen LogP contribution in [0.5, 0.6) is 5.75 Å². The van der Waals surface area contributed by atoms with Gasteiger partial charge in [0.05, 0.1) is 24.0 Å². The maximum Gasteiger partial charge on any atom is 0.337 e. The van der Waals surface area contributed by atoms with E-state index in [9.17, 15) is 4.79 Å². The first-order chi connectivity index (χ1) is 9.64. The van der Waals surface area contributed by atoms with Crippen LogP contribution in [0, 0.1) is 0 Å². The van der Waals surface area contributed by atoms with Crippen molar-refractivity contribution in [2.75, 3.05) is 12.8 Å². The number of ether oxygens (including phenoxy) is 3. The van der Waals surface area contributed by atoms with Gasteiger partial charge in [-0.15, -0.1) is 0 Å². The van der Waals surface area contributed by atoms with E-state index in [1.54, 1.807) is 18.2 Å². The quantitative estimate of drug-likeness (QED) is 0.685. The zero-order valence-electron chi connectivity index (χ0n) is 13.2. The molecule has 1 aromatic carbocycles. The van der Waals surface area contributed by atoms with Gasteiger partial charge >= 0.3 is 5.97 Å². The Bertz CT molecular complexity index is 551. The summed E-state index contributed by atoms with van der Waals surface area (Å²) >= 11 is 0. The average molecular weight is 293 g/mol. The van der Waals surface area contributed by atoms with E-state index < -0.39 is 11.6 Å². The highest BCUT2D eigenvalue weighted by molar-refractivity contribution is 5.90. The van der Waals surface area contributed by atoms with Gasteiger partial charge in [0.2, 0.25) is 0 Å². The Kier molecular flexibility index (Phi) is 3.89. The Morgan fingerprint density at radius 2 is 2.00 bits per heavy atom. The second-order valence-corrected chi connectivity index (χ2v) is 6.52. The van der Waals surface area contributed by atoms with E-state index in [4.69, 9.17) is 15.2 Å². The van der Waals surface area contributed by atoms with E-state index in [1.807, 2.05) is 27.7 Å². The van der Waals surface area contributed by atoms with Crippen LogP contribution in [0.3, 0.4) is 0 Å². The highest BCUT2D eigenvalue weighted by Gasteiger charge is 2.47. The number of anilines is 1. The number of carbonyl (C=O) groups excluding carboxylic acids is 1. The maximum atomic E-state index is 11.5. The van der Waals surface area contributed by atoms with E-state index >= 15 is 0 Å². The van der Waals surface area contributed by atoms with Crippen LogP contribution in [0.1, 0.15) is 44.5 Å². The van der Waals surface area contributed by atoms with Gasteiger partial charge in [0.1, 0.15) is 17.5 Å². The molecule has 1 aliphatic heterocycles. The molecule has 0 saturated carbocycles. The Morgan fingerprint density at radius 3 is 2.48 bits per heavy atom. The van der Waals surface area contributed by atoms with Gasteiger partial charge < -0.3 is 19.9 Å². The first-order valence-electron chi connectivity index (χ1n) is 6.99. The van der Waals surface area contributed by atoms with Crippen molar-refractivity contribution in [1.82, 2.24) is 0 Å². The molecule has 21 heavy (non-hydrogen) atoms. The number of rotatable bonds is 3. The number of esters is 1. The average Bonchev–Trinajstić information content (AvgIpc) is 2.58. The topological polar surface area (TPSA) is 70.8 Å². The lowest BCUT2D eigenvalue weighted by atomic mass is 9.97. The summed E-state index contributed by atoms with van der Waals surface area (Å²) in [6.45, 7) is 8.10. The normalized spacial score (nSPS) is 22.8. The molecule has 0 amide bonds. The van der Waals surface area contributed by atoms with Crippen molar-refractivity contribution in [3.8, 4) is 5.75 Å². The van der Waals surface area contributed by atoms with Crippen molar-refractivity contribution >= 4 is 11.7 Å². The molecule has 1 heterocycles. The number of nitrogens with two attached hydrogens (primary N) is 1. The van der Waals surface area contributed by atoms with Gasteiger partial charge in [-0.05, 0) is 45.9 Å². The summed E-state index contributed by atoms with van der Waals surface area (Å²) < 4.78 is 16.7. The third-order valence-corrected chi connectivity index (χ3v) is 3.69. The SMILES string of the molecule is COC(=O)c1ccc(OC2CC(C)(C)OC2(C)C)c(N)c1. The predicted molar refractivity (Wildman–Crippen MR) is 80.5 cm³/mol. The highest BCUT2D eigenvalue weighted by Crippen LogP contribution is 2.40. The smallest absolute Gasteiger partial charge is 0.337 e. The minimum absolute atomic E-state index is 0.0984. The van der Waals surface area contributed by atoms with Crippen molar-refractivity contribution in [2.24, 2.45) is 0 Å². The molecular formula is C16H23NO4. The summed E-state index contributed by atoms with van der Waals surface area (Å²) in [5.74, 6) is 0.140. The van der Waals surface area contributed by atoms with Crippen LogP contribution >= 0.6 is 0 Å². The summed E-state index contributed by atoms with van der Waals surface area (Å²) in [6, 6.07) is 4.91. The van der Waals surface area contributed by atoms with E-state index in [2.05, 4.69) is 4.74 Å². The molecule has 0 aromatic heterocycles. The molecule has 0 spiro atoms. The first kappa shape index (κ1) is 15.6. The summed E-state index contributed by atoms with van der Waals surface area (Å²) in [6.07, 6.45) is 0.678. The van der Waals surface area contributed by atoms with Crippen molar-refractivity contribution in [2.45, 2.75) is 51.4 Å². The lowest BCUT2D eigenvalue weighted by Crippen LogP contribution is -2.36. The van der Waals surface area contributed by atoms with Crippen LogP contribution in [-0.2, 0) is 9.47 Å². The molecule has 5 nitrogen and oxygen atoms in total. The zero-order valence-corrected chi connectivity index (χ0v) is 13.2. The molecule has 2 rings (SSSR count). The first-order valence-corrected chi connectivity index (χ1v) is 6.99. The summed E-state index contributed by atoms with van der Waals surface area (Å²) in [4.78, 5) is 11.5. The second-order valence-electron chi connectivity index (χ2n) is 6.52. The summed E-state index contributed by atoms with van der Waals surface area (Å²) in [5, 5.41) is 0. The van der Waals surface area contributed by atoms with E-state index in [0.29, 0.717) is 17.0 Å². The number of hydrogen-bond acceptors (Lipinski definition) is 5. The molecule has 1 unspecified atom stereocenters. The fourth-order valence-electron chi connectivity index (χ4n) is 2.75. The Labute approximate surface area is 125 Å². The minimum atomic E-state index is -0.418. The zero-order chi connectivity index (χ0) is 15.8. The monoisotopic (exact) mass is 293 g/mol. The van der Waals surface area contributed by atoms with Gasteiger partial charge in [-0.2, -0.15) is 0 Å². The summed E-state index contributed by atoms with van der Waals surface area (Å²) in [7, 11) is 1.34. The number of carbonyl (C=O) groups is 1. The van der Waals surface area contributed by atoms with Gasteiger partial charge in [-0.25, -0.2) is 4.79 Å². The van der Waals surface area contributed by atoms with Gasteiger partial charge in [-0.3, -0.25) is 0 Å². The Morgan fingerprint density at radius 1 is 1.33 bits per heavy atom. The van der Waals surface area contributed by atoms with Crippen LogP contribution in [0.25, 0.3) is 0 Å². The van der Waals surface area contributed by atoms with Crippen LogP contribution in [0.4, 0.5) is 5.69 Å². The number of benzene rings is 1. The molecule has 1 aliphatic rings. The molecule has 2 N–H and O–H groups in total. The van der Waals surface area contributed by atoms with E-state index in [0.717, 1.165) is 6.42 Å². The van der Waals surface area contributed by atoms with Gasteiger partial charge in [0.15, 0.2) is 0 Å². The van der Waals surface area contributed by atoms with Crippen molar-refractivity contribution in [3.05, 3.63) is 23.8 Å². The third kappa shape index (κ3) is 3.29. The predicted octanol–water partition coefficient (Wildman–Crippen LogP) is 2.78. The molecule has 0 radical (unpaired) electrons. The van der Waals surface area contributed by atoms with Crippen LogP contribution in [0.15, 0.2) is 18.2 Å². The molecule has 0 bridgehead atoms. The fraction of sp³-hybridized carbons (Fsp3) is 0.562. The largest absolute Gasteiger partial charge is 0.485 e. The minimum Gasteiger partial charge on any atom is -0.485 e. The van der Waals surface area contributed by atoms with Crippen LogP contribution in [-0.4, -0.2) is 30.4 Å². The highest BCUT2D eigenvalue weighted by atomic mass is 16.6. The van der Waals surface area contributed by atoms with Crippen LogP contribution < -0.4 is 10.5 Å². The van der Waals surface area contributed by atoms with Gasteiger partial charge in [-0.1, -0.05) is 0 Å². The van der Waals surface area contributed by atoms with E-state index in [-0.39, 0.29) is 11.7 Å². The van der Waals surface area contributed by atoms with E-state index in [1.165, 1.54) is 7.11 Å². The van der Waals surface area contributed by atoms with Crippen molar-refractivity contribution < 1.29 is 19.0 Å². The standard InChI is InChI=1S/C16H23NO4/c1-15(2)9-13(16(3,4)21-15)20-12-7-6-10(8-11(12)17)14(18)19-5/h6-8,13H,9,17H2,1-5H3. The van der Waals surface area contributed by atoms with Crippen molar-refractivity contribution in [3.63, 3.8) is 0 Å². The lowest BCUT2D eigenvalue weighted by Gasteiger charge is -2.27. The number of methoxy groups -OCH3 is 1. The molecule has 1 atom stereocenters. The van der Waals surface area contributed by atoms with Crippen LogP contribution in [0.2, 0.25) is 0 Å².